The SMILES string of the molecule is O=C1OC2(CCN(C(=O)c3cc(C(F)(F)F)ccc3Cl)CC2)CN1Cc1ccc(F)c(F)c1. The van der Waals surface area contributed by atoms with Crippen molar-refractivity contribution < 1.29 is 36.3 Å². The fourth-order valence-corrected chi connectivity index (χ4v) is 4.28. The van der Waals surface area contributed by atoms with E-state index < -0.39 is 41.0 Å². The summed E-state index contributed by atoms with van der Waals surface area (Å²) < 4.78 is 71.2. The van der Waals surface area contributed by atoms with Crippen molar-refractivity contribution in [1.82, 2.24) is 9.80 Å². The lowest BCUT2D eigenvalue weighted by atomic mass is 9.91. The van der Waals surface area contributed by atoms with E-state index in [-0.39, 0.29) is 49.6 Å². The van der Waals surface area contributed by atoms with Crippen molar-refractivity contribution in [3.63, 3.8) is 0 Å². The van der Waals surface area contributed by atoms with E-state index in [4.69, 9.17) is 16.3 Å². The van der Waals surface area contributed by atoms with Gasteiger partial charge in [-0.3, -0.25) is 9.69 Å². The molecule has 0 aromatic heterocycles. The topological polar surface area (TPSA) is 49.9 Å². The molecule has 2 aromatic rings. The predicted molar refractivity (Wildman–Crippen MR) is 108 cm³/mol. The number of likely N-dealkylation sites (tertiary alicyclic amines) is 1. The van der Waals surface area contributed by atoms with Crippen LogP contribution in [0, 0.1) is 11.6 Å². The molecule has 2 saturated heterocycles. The number of hydrogen-bond acceptors (Lipinski definition) is 3. The third-order valence-corrected chi connectivity index (χ3v) is 6.21. The summed E-state index contributed by atoms with van der Waals surface area (Å²) in [6.07, 6.45) is -4.67. The molecule has 176 valence electrons. The van der Waals surface area contributed by atoms with Gasteiger partial charge in [0.05, 0.1) is 22.7 Å². The Kier molecular flexibility index (Phi) is 5.98. The summed E-state index contributed by atoms with van der Waals surface area (Å²) in [6, 6.07) is 5.94. The molecule has 0 atom stereocenters. The Balaban J connectivity index is 1.42. The highest BCUT2D eigenvalue weighted by molar-refractivity contribution is 6.33. The monoisotopic (exact) mass is 488 g/mol. The van der Waals surface area contributed by atoms with Crippen LogP contribution < -0.4 is 0 Å². The lowest BCUT2D eigenvalue weighted by Crippen LogP contribution is -2.48. The quantitative estimate of drug-likeness (QED) is 0.553. The van der Waals surface area contributed by atoms with Crippen molar-refractivity contribution in [2.24, 2.45) is 0 Å². The number of ether oxygens (including phenoxy) is 1. The lowest BCUT2D eigenvalue weighted by Gasteiger charge is -2.37. The summed E-state index contributed by atoms with van der Waals surface area (Å²) in [5.41, 5.74) is -1.69. The second-order valence-corrected chi connectivity index (χ2v) is 8.55. The van der Waals surface area contributed by atoms with Crippen molar-refractivity contribution >= 4 is 23.6 Å². The van der Waals surface area contributed by atoms with Crippen molar-refractivity contribution in [1.29, 1.82) is 0 Å². The standard InChI is InChI=1S/C22H18ClF5N2O3/c23-16-3-2-14(22(26,27)28)10-15(16)19(31)29-7-5-21(6-8-29)12-30(20(32)33-21)11-13-1-4-17(24)18(25)9-13/h1-4,9-10H,5-8,11-12H2. The van der Waals surface area contributed by atoms with Crippen LogP contribution in [0.5, 0.6) is 0 Å². The second-order valence-electron chi connectivity index (χ2n) is 8.14. The number of carbonyl (C=O) groups excluding carboxylic acids is 2. The predicted octanol–water partition coefficient (Wildman–Crippen LogP) is 5.26. The Morgan fingerprint density at radius 3 is 2.39 bits per heavy atom. The van der Waals surface area contributed by atoms with Crippen LogP contribution in [0.25, 0.3) is 0 Å². The molecule has 0 unspecified atom stereocenters. The van der Waals surface area contributed by atoms with E-state index in [9.17, 15) is 31.5 Å². The third-order valence-electron chi connectivity index (χ3n) is 5.88. The normalized spacial score (nSPS) is 18.1. The Morgan fingerprint density at radius 2 is 1.76 bits per heavy atom. The van der Waals surface area contributed by atoms with Crippen LogP contribution in [0.3, 0.4) is 0 Å². The number of carbonyl (C=O) groups is 2. The first-order valence-corrected chi connectivity index (χ1v) is 10.4. The van der Waals surface area contributed by atoms with Gasteiger partial charge in [0.1, 0.15) is 5.60 Å². The summed E-state index contributed by atoms with van der Waals surface area (Å²) in [5.74, 6) is -2.64. The van der Waals surface area contributed by atoms with Crippen LogP contribution in [0.2, 0.25) is 5.02 Å². The van der Waals surface area contributed by atoms with Gasteiger partial charge in [0.2, 0.25) is 0 Å². The molecule has 2 amide bonds. The molecule has 0 saturated carbocycles. The molecule has 2 aromatic carbocycles. The van der Waals surface area contributed by atoms with E-state index in [0.717, 1.165) is 30.3 Å². The van der Waals surface area contributed by atoms with E-state index in [1.807, 2.05) is 0 Å². The minimum atomic E-state index is -4.61. The van der Waals surface area contributed by atoms with Crippen LogP contribution in [0.1, 0.15) is 34.3 Å². The molecule has 2 aliphatic heterocycles. The molecule has 5 nitrogen and oxygen atoms in total. The number of hydrogen-bond donors (Lipinski definition) is 0. The van der Waals surface area contributed by atoms with E-state index >= 15 is 0 Å². The number of benzene rings is 2. The number of halogens is 6. The highest BCUT2D eigenvalue weighted by atomic mass is 35.5. The van der Waals surface area contributed by atoms with E-state index in [1.54, 1.807) is 0 Å². The maximum absolute atomic E-state index is 13.5. The van der Waals surface area contributed by atoms with Gasteiger partial charge in [0, 0.05) is 32.5 Å². The fraction of sp³-hybridized carbons (Fsp3) is 0.364. The molecule has 2 heterocycles. The second kappa shape index (κ2) is 8.48. The molecule has 1 spiro atoms. The van der Waals surface area contributed by atoms with Gasteiger partial charge < -0.3 is 9.64 Å². The number of nitrogens with zero attached hydrogens (tertiary/aromatic N) is 2. The summed E-state index contributed by atoms with van der Waals surface area (Å²) in [4.78, 5) is 27.9. The minimum Gasteiger partial charge on any atom is -0.441 e. The first-order valence-electron chi connectivity index (χ1n) is 10.1. The minimum absolute atomic E-state index is 0.0280. The summed E-state index contributed by atoms with van der Waals surface area (Å²) in [5, 5.41) is -0.0849. The zero-order valence-corrected chi connectivity index (χ0v) is 17.8. The van der Waals surface area contributed by atoms with Gasteiger partial charge in [0.15, 0.2) is 11.6 Å². The van der Waals surface area contributed by atoms with Gasteiger partial charge in [0.25, 0.3) is 5.91 Å². The maximum Gasteiger partial charge on any atom is 0.416 e. The highest BCUT2D eigenvalue weighted by Gasteiger charge is 2.47. The van der Waals surface area contributed by atoms with Gasteiger partial charge in [-0.15, -0.1) is 0 Å². The molecule has 11 heteroatoms. The van der Waals surface area contributed by atoms with Crippen LogP contribution in [0.4, 0.5) is 26.7 Å². The molecular formula is C22H18ClF5N2O3. The third kappa shape index (κ3) is 4.75. The average molecular weight is 489 g/mol. The van der Waals surface area contributed by atoms with Crippen LogP contribution in [-0.4, -0.2) is 47.0 Å². The van der Waals surface area contributed by atoms with Crippen LogP contribution in [0.15, 0.2) is 36.4 Å². The molecule has 4 rings (SSSR count). The maximum atomic E-state index is 13.5. The number of rotatable bonds is 3. The Hall–Kier alpha value is -2.88. The largest absolute Gasteiger partial charge is 0.441 e. The van der Waals surface area contributed by atoms with Crippen molar-refractivity contribution in [2.45, 2.75) is 31.2 Å². The Morgan fingerprint density at radius 1 is 1.06 bits per heavy atom. The number of alkyl halides is 3. The van der Waals surface area contributed by atoms with Crippen molar-refractivity contribution in [3.05, 3.63) is 69.7 Å². The van der Waals surface area contributed by atoms with Gasteiger partial charge >= 0.3 is 12.3 Å². The summed E-state index contributed by atoms with van der Waals surface area (Å²) in [6.45, 7) is 0.521. The van der Waals surface area contributed by atoms with Crippen molar-refractivity contribution in [3.8, 4) is 0 Å². The first-order chi connectivity index (χ1) is 15.5. The zero-order valence-electron chi connectivity index (χ0n) is 17.1. The number of amides is 2. The van der Waals surface area contributed by atoms with Crippen LogP contribution in [-0.2, 0) is 17.5 Å². The first kappa shape index (κ1) is 23.3. The van der Waals surface area contributed by atoms with Gasteiger partial charge in [-0.1, -0.05) is 17.7 Å². The molecule has 0 aliphatic carbocycles. The molecule has 2 aliphatic rings. The van der Waals surface area contributed by atoms with Gasteiger partial charge in [-0.05, 0) is 35.9 Å². The molecule has 0 N–H and O–H groups in total. The average Bonchev–Trinajstić information content (AvgIpc) is 3.04. The highest BCUT2D eigenvalue weighted by Crippen LogP contribution is 2.36. The molecule has 0 bridgehead atoms. The van der Waals surface area contributed by atoms with Crippen molar-refractivity contribution in [2.75, 3.05) is 19.6 Å². The Bertz CT molecular complexity index is 1100. The van der Waals surface area contributed by atoms with E-state index in [1.165, 1.54) is 15.9 Å². The van der Waals surface area contributed by atoms with E-state index in [0.29, 0.717) is 5.56 Å². The summed E-state index contributed by atoms with van der Waals surface area (Å²) in [7, 11) is 0. The smallest absolute Gasteiger partial charge is 0.416 e. The van der Waals surface area contributed by atoms with Gasteiger partial charge in [-0.2, -0.15) is 13.2 Å². The lowest BCUT2D eigenvalue weighted by molar-refractivity contribution is -0.137. The molecular weight excluding hydrogens is 471 g/mol. The fourth-order valence-electron chi connectivity index (χ4n) is 4.09. The zero-order chi connectivity index (χ0) is 24.0. The molecule has 0 radical (unpaired) electrons. The number of piperidine rings is 1. The van der Waals surface area contributed by atoms with Crippen LogP contribution >= 0.6 is 11.6 Å². The summed E-state index contributed by atoms with van der Waals surface area (Å²) >= 11 is 5.98. The molecule has 33 heavy (non-hydrogen) atoms. The van der Waals surface area contributed by atoms with Gasteiger partial charge in [-0.25, -0.2) is 13.6 Å². The van der Waals surface area contributed by atoms with E-state index in [2.05, 4.69) is 0 Å². The Labute approximate surface area is 190 Å². The molecule has 2 fully saturated rings.